The number of halogens is 2. The standard InChI is InChI=1S/C9H4F2N2/c10-7-5-9(13)8(11)4-6(7)2-1-3-12/h4-5H,13H2. The molecule has 4 heteroatoms. The summed E-state index contributed by atoms with van der Waals surface area (Å²) in [7, 11) is 0. The van der Waals surface area contributed by atoms with E-state index in [4.69, 9.17) is 11.0 Å². The molecule has 0 heterocycles. The first-order valence-corrected chi connectivity index (χ1v) is 3.29. The third kappa shape index (κ3) is 1.94. The highest BCUT2D eigenvalue weighted by Gasteiger charge is 2.04. The van der Waals surface area contributed by atoms with E-state index >= 15 is 0 Å². The highest BCUT2D eigenvalue weighted by atomic mass is 19.1. The Balaban J connectivity index is 3.25. The Labute approximate surface area is 73.6 Å². The van der Waals surface area contributed by atoms with Crippen LogP contribution in [0, 0.1) is 34.8 Å². The molecule has 0 aliphatic rings. The Bertz CT molecular complexity index is 435. The molecular weight excluding hydrogens is 174 g/mol. The van der Waals surface area contributed by atoms with Crippen molar-refractivity contribution in [2.75, 3.05) is 5.73 Å². The van der Waals surface area contributed by atoms with Gasteiger partial charge in [-0.25, -0.2) is 8.78 Å². The van der Waals surface area contributed by atoms with E-state index in [2.05, 4.69) is 5.92 Å². The van der Waals surface area contributed by atoms with Crippen LogP contribution in [-0.2, 0) is 0 Å². The number of nitrogens with two attached hydrogens (primary N) is 1. The van der Waals surface area contributed by atoms with Crippen molar-refractivity contribution in [2.24, 2.45) is 0 Å². The first kappa shape index (κ1) is 9.02. The van der Waals surface area contributed by atoms with Crippen molar-refractivity contribution in [3.63, 3.8) is 0 Å². The lowest BCUT2D eigenvalue weighted by Crippen LogP contribution is -1.94. The van der Waals surface area contributed by atoms with Crippen LogP contribution in [0.15, 0.2) is 12.1 Å². The molecule has 0 aliphatic carbocycles. The number of rotatable bonds is 0. The van der Waals surface area contributed by atoms with Crippen LogP contribution >= 0.6 is 0 Å². The van der Waals surface area contributed by atoms with E-state index in [1.807, 2.05) is 5.92 Å². The summed E-state index contributed by atoms with van der Waals surface area (Å²) in [5.41, 5.74) is 4.64. The highest BCUT2D eigenvalue weighted by molar-refractivity contribution is 5.48. The average molecular weight is 178 g/mol. The quantitative estimate of drug-likeness (QED) is 0.482. The maximum absolute atomic E-state index is 12.9. The van der Waals surface area contributed by atoms with E-state index in [0.29, 0.717) is 0 Å². The third-order valence-electron chi connectivity index (χ3n) is 1.34. The molecule has 0 aliphatic heterocycles. The first-order chi connectivity index (χ1) is 6.15. The van der Waals surface area contributed by atoms with Gasteiger partial charge >= 0.3 is 0 Å². The Hall–Kier alpha value is -2.07. The summed E-state index contributed by atoms with van der Waals surface area (Å²) in [6, 6.07) is 3.18. The number of nitrogens with zero attached hydrogens (tertiary/aromatic N) is 1. The first-order valence-electron chi connectivity index (χ1n) is 3.29. The number of nitriles is 1. The topological polar surface area (TPSA) is 49.8 Å². The lowest BCUT2D eigenvalue weighted by molar-refractivity contribution is 0.601. The van der Waals surface area contributed by atoms with Crippen LogP contribution in [0.4, 0.5) is 14.5 Å². The fourth-order valence-corrected chi connectivity index (χ4v) is 0.753. The van der Waals surface area contributed by atoms with E-state index in [1.54, 1.807) is 0 Å². The van der Waals surface area contributed by atoms with Crippen molar-refractivity contribution in [1.82, 2.24) is 0 Å². The molecule has 0 saturated heterocycles. The van der Waals surface area contributed by atoms with E-state index in [1.165, 1.54) is 6.07 Å². The summed E-state index contributed by atoms with van der Waals surface area (Å²) in [6.45, 7) is 0. The van der Waals surface area contributed by atoms with E-state index in [9.17, 15) is 8.78 Å². The second-order valence-electron chi connectivity index (χ2n) is 2.22. The zero-order valence-electron chi connectivity index (χ0n) is 6.44. The molecule has 0 radical (unpaired) electrons. The molecule has 1 aromatic carbocycles. The van der Waals surface area contributed by atoms with Crippen LogP contribution in [0.5, 0.6) is 0 Å². The molecule has 0 fully saturated rings. The second kappa shape index (κ2) is 3.55. The van der Waals surface area contributed by atoms with Gasteiger partial charge in [-0.1, -0.05) is 0 Å². The number of anilines is 1. The van der Waals surface area contributed by atoms with Gasteiger partial charge in [-0.3, -0.25) is 0 Å². The monoisotopic (exact) mass is 178 g/mol. The maximum Gasteiger partial charge on any atom is 0.152 e. The van der Waals surface area contributed by atoms with Gasteiger partial charge in [0.15, 0.2) is 6.07 Å². The molecule has 0 aromatic heterocycles. The van der Waals surface area contributed by atoms with Gasteiger partial charge in [-0.2, -0.15) is 5.26 Å². The lowest BCUT2D eigenvalue weighted by atomic mass is 10.2. The van der Waals surface area contributed by atoms with Crippen LogP contribution in [0.25, 0.3) is 0 Å². The molecule has 0 atom stereocenters. The lowest BCUT2D eigenvalue weighted by Gasteiger charge is -1.97. The van der Waals surface area contributed by atoms with Gasteiger partial charge in [0.1, 0.15) is 11.6 Å². The van der Waals surface area contributed by atoms with Crippen molar-refractivity contribution in [1.29, 1.82) is 5.26 Å². The van der Waals surface area contributed by atoms with Crippen molar-refractivity contribution >= 4 is 5.69 Å². The molecule has 0 amide bonds. The Morgan fingerprint density at radius 3 is 2.54 bits per heavy atom. The average Bonchev–Trinajstić information content (AvgIpc) is 2.09. The molecule has 1 rings (SSSR count). The van der Waals surface area contributed by atoms with Gasteiger partial charge in [0, 0.05) is 12.0 Å². The third-order valence-corrected chi connectivity index (χ3v) is 1.34. The van der Waals surface area contributed by atoms with E-state index in [-0.39, 0.29) is 11.3 Å². The summed E-state index contributed by atoms with van der Waals surface area (Å²) in [5, 5.41) is 8.08. The summed E-state index contributed by atoms with van der Waals surface area (Å²) in [5.74, 6) is 2.63. The number of benzene rings is 1. The molecule has 0 bridgehead atoms. The Morgan fingerprint density at radius 1 is 1.23 bits per heavy atom. The highest BCUT2D eigenvalue weighted by Crippen LogP contribution is 2.15. The Morgan fingerprint density at radius 2 is 1.92 bits per heavy atom. The smallest absolute Gasteiger partial charge is 0.152 e. The molecule has 13 heavy (non-hydrogen) atoms. The fourth-order valence-electron chi connectivity index (χ4n) is 0.753. The molecule has 1 aromatic rings. The number of hydrogen-bond acceptors (Lipinski definition) is 2. The van der Waals surface area contributed by atoms with Crippen LogP contribution < -0.4 is 5.73 Å². The Kier molecular flexibility index (Phi) is 2.47. The van der Waals surface area contributed by atoms with Gasteiger partial charge < -0.3 is 5.73 Å². The normalized spacial score (nSPS) is 8.38. The van der Waals surface area contributed by atoms with Crippen molar-refractivity contribution < 1.29 is 8.78 Å². The molecule has 0 saturated carbocycles. The van der Waals surface area contributed by atoms with Crippen LogP contribution in [0.2, 0.25) is 0 Å². The number of nitrogen functional groups attached to an aromatic ring is 1. The van der Waals surface area contributed by atoms with Gasteiger partial charge in [0.2, 0.25) is 0 Å². The van der Waals surface area contributed by atoms with Crippen LogP contribution in [0.1, 0.15) is 5.56 Å². The minimum Gasteiger partial charge on any atom is -0.396 e. The molecule has 2 N–H and O–H groups in total. The van der Waals surface area contributed by atoms with Gasteiger partial charge in [0.25, 0.3) is 0 Å². The summed E-state index contributed by atoms with van der Waals surface area (Å²) >= 11 is 0. The van der Waals surface area contributed by atoms with Crippen LogP contribution in [0.3, 0.4) is 0 Å². The molecule has 64 valence electrons. The number of hydrogen-bond donors (Lipinski definition) is 1. The summed E-state index contributed by atoms with van der Waals surface area (Å²) < 4.78 is 25.6. The van der Waals surface area contributed by atoms with Crippen molar-refractivity contribution in [2.45, 2.75) is 0 Å². The molecule has 0 spiro atoms. The summed E-state index contributed by atoms with van der Waals surface area (Å²) in [4.78, 5) is 0. The minimum atomic E-state index is -0.747. The second-order valence-corrected chi connectivity index (χ2v) is 2.22. The largest absolute Gasteiger partial charge is 0.396 e. The molecular formula is C9H4F2N2. The summed E-state index contributed by atoms with van der Waals surface area (Å²) in [6.07, 6.45) is 0. The van der Waals surface area contributed by atoms with Crippen LogP contribution in [-0.4, -0.2) is 0 Å². The van der Waals surface area contributed by atoms with Gasteiger partial charge in [-0.15, -0.1) is 0 Å². The van der Waals surface area contributed by atoms with E-state index < -0.39 is 11.6 Å². The van der Waals surface area contributed by atoms with Crippen molar-refractivity contribution in [3.8, 4) is 17.9 Å². The zero-order valence-corrected chi connectivity index (χ0v) is 6.44. The maximum atomic E-state index is 12.9. The minimum absolute atomic E-state index is 0.173. The predicted octanol–water partition coefficient (Wildman–Crippen LogP) is 1.42. The zero-order chi connectivity index (χ0) is 9.84. The van der Waals surface area contributed by atoms with Crippen molar-refractivity contribution in [3.05, 3.63) is 29.3 Å². The van der Waals surface area contributed by atoms with Gasteiger partial charge in [-0.05, 0) is 12.0 Å². The fraction of sp³-hybridized carbons (Fsp3) is 0. The van der Waals surface area contributed by atoms with Gasteiger partial charge in [0.05, 0.1) is 11.3 Å². The predicted molar refractivity (Wildman–Crippen MR) is 43.3 cm³/mol. The molecule has 0 unspecified atom stereocenters. The molecule has 2 nitrogen and oxygen atoms in total. The van der Waals surface area contributed by atoms with E-state index in [0.717, 1.165) is 12.1 Å². The SMILES string of the molecule is N#CC#Cc1cc(F)c(N)cc1F.